The topological polar surface area (TPSA) is 193 Å². The van der Waals surface area contributed by atoms with Gasteiger partial charge in [-0.05, 0) is 72.1 Å². The molecule has 17 heteroatoms. The number of halogens is 3. The zero-order valence-electron chi connectivity index (χ0n) is 40.4. The van der Waals surface area contributed by atoms with E-state index in [0.717, 1.165) is 39.3 Å². The lowest BCUT2D eigenvalue weighted by molar-refractivity contribution is -0.274. The van der Waals surface area contributed by atoms with Crippen LogP contribution in [0, 0.1) is 6.92 Å². The molecule has 0 saturated heterocycles. The van der Waals surface area contributed by atoms with Gasteiger partial charge in [0.25, 0.3) is 0 Å². The zero-order valence-corrected chi connectivity index (χ0v) is 40.4. The molecule has 3 heterocycles. The molecule has 3 aromatic heterocycles. The second-order valence-corrected chi connectivity index (χ2v) is 16.4. The molecule has 0 bridgehead atoms. The van der Waals surface area contributed by atoms with E-state index in [1.165, 1.54) is 36.4 Å². The van der Waals surface area contributed by atoms with Crippen molar-refractivity contribution in [2.45, 2.75) is 31.6 Å². The number of hydrogen-bond acceptors (Lipinski definition) is 14. The molecular weight excluding hydrogens is 948 g/mol. The first-order valence-corrected chi connectivity index (χ1v) is 23.3. The average Bonchev–Trinajstić information content (AvgIpc) is 3.44. The summed E-state index contributed by atoms with van der Waals surface area (Å²) in [6.45, 7) is 3.04. The van der Waals surface area contributed by atoms with Crippen LogP contribution >= 0.6 is 0 Å². The summed E-state index contributed by atoms with van der Waals surface area (Å²) in [5.74, 6) is 2.96. The number of methoxy groups -OCH3 is 1. The van der Waals surface area contributed by atoms with Crippen LogP contribution < -0.4 is 25.4 Å². The highest BCUT2D eigenvalue weighted by molar-refractivity contribution is 5.65. The Balaban J connectivity index is 0.000000163. The molecule has 9 rings (SSSR count). The molecule has 0 spiro atoms. The van der Waals surface area contributed by atoms with Crippen LogP contribution in [0.4, 0.5) is 30.6 Å². The van der Waals surface area contributed by atoms with E-state index in [1.54, 1.807) is 31.5 Å². The van der Waals surface area contributed by atoms with Gasteiger partial charge in [-0.25, -0.2) is 29.9 Å². The number of nitrogens with zero attached hydrogens (tertiary/aromatic N) is 6. The Hall–Kier alpha value is -8.77. The predicted molar refractivity (Wildman–Crippen MR) is 280 cm³/mol. The maximum atomic E-state index is 12.4. The van der Waals surface area contributed by atoms with Gasteiger partial charge in [0.05, 0.1) is 36.8 Å². The number of aliphatic hydroxyl groups excluding tert-OH is 3. The number of alkyl halides is 3. The maximum Gasteiger partial charge on any atom is 0.573 e. The van der Waals surface area contributed by atoms with E-state index in [-0.39, 0.29) is 12.3 Å². The lowest BCUT2D eigenvalue weighted by atomic mass is 10.1. The highest BCUT2D eigenvalue weighted by Crippen LogP contribution is 2.28. The molecular formula is C57H54F3N9O5. The van der Waals surface area contributed by atoms with Crippen molar-refractivity contribution >= 4 is 17.5 Å². The molecule has 6 aromatic carbocycles. The van der Waals surface area contributed by atoms with Gasteiger partial charge >= 0.3 is 6.36 Å². The number of benzene rings is 6. The fourth-order valence-electron chi connectivity index (χ4n) is 7.20. The quantitative estimate of drug-likeness (QED) is 0.0505. The molecule has 0 saturated carbocycles. The second kappa shape index (κ2) is 26.6. The number of ether oxygens (including phenoxy) is 2. The van der Waals surface area contributed by atoms with E-state index in [0.29, 0.717) is 47.6 Å². The second-order valence-electron chi connectivity index (χ2n) is 16.4. The molecule has 74 heavy (non-hydrogen) atoms. The summed E-state index contributed by atoms with van der Waals surface area (Å²) >= 11 is 0. The number of nitrogens with one attached hydrogen (secondary N) is 3. The smallest absolute Gasteiger partial charge is 0.497 e. The van der Waals surface area contributed by atoms with Gasteiger partial charge in [-0.3, -0.25) is 0 Å². The average molecular weight is 1000 g/mol. The Bertz CT molecular complexity index is 3110. The first-order valence-electron chi connectivity index (χ1n) is 23.3. The molecule has 378 valence electrons. The summed E-state index contributed by atoms with van der Waals surface area (Å²) in [7, 11) is 1.64. The Labute approximate surface area is 426 Å². The van der Waals surface area contributed by atoms with E-state index in [9.17, 15) is 28.5 Å². The molecule has 9 aromatic rings. The number of aromatic nitrogens is 6. The molecule has 6 N–H and O–H groups in total. The summed E-state index contributed by atoms with van der Waals surface area (Å²) in [5.41, 5.74) is 7.33. The fraction of sp³-hybridized carbons (Fsp3) is 0.158. The van der Waals surface area contributed by atoms with Crippen LogP contribution in [0.5, 0.6) is 11.5 Å². The maximum absolute atomic E-state index is 12.4. The standard InChI is InChI=1S/C19H16F3N3O2.C19H19N3O2.C19H19N3O/c20-19(21,22)27-15-8-4-7-14(9-15)16-10-18(25-12-24-16)23-11-17(26)13-5-2-1-3-6-13;1-24-16-9-7-14(8-10-16)17-11-19(22-13-21-17)20-12-18(23)15-5-3-2-4-6-15;1-14-6-5-9-16(12-14)19-20-11-10-18(22-19)21-13-17(23)15-7-3-2-4-8-15/h1-10,12,17,26H,11H2,(H,23,24,25);2-11,13,18,23H,12H2,1H3,(H,20,21,22);2-12,17,23H,13H2,1H3,(H,20,21,22). The molecule has 0 fully saturated rings. The van der Waals surface area contributed by atoms with Crippen LogP contribution in [-0.2, 0) is 0 Å². The van der Waals surface area contributed by atoms with Crippen molar-refractivity contribution in [2.24, 2.45) is 0 Å². The first-order chi connectivity index (χ1) is 35.9. The SMILES string of the molecule is COc1ccc(-c2cc(NCC(O)c3ccccc3)ncn2)cc1.Cc1cccc(-c2nccc(NCC(O)c3ccccc3)n2)c1.OC(CNc1cc(-c2cccc(OC(F)(F)F)c2)ncn1)c1ccccc1. The lowest BCUT2D eigenvalue weighted by Gasteiger charge is -2.13. The van der Waals surface area contributed by atoms with Gasteiger partial charge in [-0.1, -0.05) is 127 Å². The van der Waals surface area contributed by atoms with Crippen LogP contribution in [0.25, 0.3) is 33.9 Å². The Morgan fingerprint density at radius 2 is 0.959 bits per heavy atom. The van der Waals surface area contributed by atoms with Gasteiger partial charge < -0.3 is 40.7 Å². The highest BCUT2D eigenvalue weighted by Gasteiger charge is 2.31. The van der Waals surface area contributed by atoms with Gasteiger partial charge in [0, 0.05) is 54.7 Å². The summed E-state index contributed by atoms with van der Waals surface area (Å²) in [4.78, 5) is 25.5. The van der Waals surface area contributed by atoms with Gasteiger partial charge in [0.15, 0.2) is 5.82 Å². The summed E-state index contributed by atoms with van der Waals surface area (Å²) < 4.78 is 46.2. The minimum absolute atomic E-state index is 0.220. The third-order valence-corrected chi connectivity index (χ3v) is 11.0. The van der Waals surface area contributed by atoms with Crippen LogP contribution in [0.2, 0.25) is 0 Å². The van der Waals surface area contributed by atoms with E-state index >= 15 is 0 Å². The Kier molecular flexibility index (Phi) is 19.1. The normalized spacial score (nSPS) is 12.1. The Morgan fingerprint density at radius 1 is 0.473 bits per heavy atom. The van der Waals surface area contributed by atoms with Crippen molar-refractivity contribution in [2.75, 3.05) is 42.7 Å². The lowest BCUT2D eigenvalue weighted by Crippen LogP contribution is -2.17. The van der Waals surface area contributed by atoms with E-state index in [1.807, 2.05) is 146 Å². The molecule has 0 radical (unpaired) electrons. The van der Waals surface area contributed by atoms with Gasteiger partial charge in [-0.15, -0.1) is 13.2 Å². The van der Waals surface area contributed by atoms with Crippen LogP contribution in [0.15, 0.2) is 201 Å². The monoisotopic (exact) mass is 1000 g/mol. The van der Waals surface area contributed by atoms with Crippen molar-refractivity contribution in [3.05, 3.63) is 223 Å². The van der Waals surface area contributed by atoms with Crippen LogP contribution in [0.3, 0.4) is 0 Å². The molecule has 0 aliphatic heterocycles. The first kappa shape index (κ1) is 53.0. The van der Waals surface area contributed by atoms with Crippen molar-refractivity contribution in [1.29, 1.82) is 0 Å². The molecule has 0 amide bonds. The Morgan fingerprint density at radius 3 is 1.46 bits per heavy atom. The fourth-order valence-corrected chi connectivity index (χ4v) is 7.20. The number of hydrogen-bond donors (Lipinski definition) is 6. The third-order valence-electron chi connectivity index (χ3n) is 11.0. The van der Waals surface area contributed by atoms with Gasteiger partial charge in [0.2, 0.25) is 0 Å². The zero-order chi connectivity index (χ0) is 52.1. The third kappa shape index (κ3) is 16.7. The number of anilines is 3. The van der Waals surface area contributed by atoms with E-state index in [2.05, 4.69) is 56.7 Å². The molecule has 3 atom stereocenters. The van der Waals surface area contributed by atoms with Crippen molar-refractivity contribution in [3.63, 3.8) is 0 Å². The minimum atomic E-state index is -4.76. The number of rotatable bonds is 17. The van der Waals surface area contributed by atoms with Gasteiger partial charge in [-0.2, -0.15) is 0 Å². The largest absolute Gasteiger partial charge is 0.573 e. The predicted octanol–water partition coefficient (Wildman–Crippen LogP) is 11.1. The molecule has 14 nitrogen and oxygen atoms in total. The van der Waals surface area contributed by atoms with Crippen LogP contribution in [0.1, 0.15) is 40.6 Å². The van der Waals surface area contributed by atoms with E-state index in [4.69, 9.17) is 4.74 Å². The molecule has 3 unspecified atom stereocenters. The summed E-state index contributed by atoms with van der Waals surface area (Å²) in [6, 6.07) is 54.8. The highest BCUT2D eigenvalue weighted by atomic mass is 19.4. The summed E-state index contributed by atoms with van der Waals surface area (Å²) in [6.07, 6.45) is -2.13. The number of aliphatic hydroxyl groups is 3. The van der Waals surface area contributed by atoms with Crippen molar-refractivity contribution in [1.82, 2.24) is 29.9 Å². The molecule has 0 aliphatic rings. The van der Waals surface area contributed by atoms with Gasteiger partial charge in [0.1, 0.15) is 41.6 Å². The minimum Gasteiger partial charge on any atom is -0.497 e. The molecule has 0 aliphatic carbocycles. The van der Waals surface area contributed by atoms with Crippen molar-refractivity contribution < 1.29 is 38.0 Å². The van der Waals surface area contributed by atoms with Crippen molar-refractivity contribution in [3.8, 4) is 45.4 Å². The number of aryl methyl sites for hydroxylation is 1. The van der Waals surface area contributed by atoms with Crippen LogP contribution in [-0.4, -0.2) is 78.3 Å². The van der Waals surface area contributed by atoms with E-state index < -0.39 is 24.7 Å². The summed E-state index contributed by atoms with van der Waals surface area (Å²) in [5, 5.41) is 39.9.